The molecular weight excluding hydrogens is 374 g/mol. The first-order valence-corrected chi connectivity index (χ1v) is 10.1. The van der Waals surface area contributed by atoms with Crippen molar-refractivity contribution in [3.8, 4) is 0 Å². The lowest BCUT2D eigenvalue weighted by atomic mass is 9.92. The lowest BCUT2D eigenvalue weighted by Gasteiger charge is -2.32. The van der Waals surface area contributed by atoms with E-state index in [1.807, 2.05) is 30.3 Å². The molecule has 0 aliphatic heterocycles. The minimum absolute atomic E-state index is 0.323. The van der Waals surface area contributed by atoms with Gasteiger partial charge in [0.25, 0.3) is 0 Å². The van der Waals surface area contributed by atoms with Gasteiger partial charge >= 0.3 is 0 Å². The highest BCUT2D eigenvalue weighted by Crippen LogP contribution is 2.34. The second-order valence-corrected chi connectivity index (χ2v) is 8.31. The van der Waals surface area contributed by atoms with Gasteiger partial charge in [-0.3, -0.25) is 4.79 Å². The summed E-state index contributed by atoms with van der Waals surface area (Å²) in [4.78, 5) is 12.3. The standard InChI is InChI=1S/C16H16O4S.C6H7N/c1-16(21(18,19)20,14-10-6-3-7-11-14)12-15(17)13-8-4-2-5-9-13;7-6-4-2-1-3-5-6/h2-11H,12H2,1H3,(H,18,19,20);1-5H,7H2. The average Bonchev–Trinajstić information content (AvgIpc) is 2.69. The number of hydrogen-bond acceptors (Lipinski definition) is 4. The van der Waals surface area contributed by atoms with Gasteiger partial charge in [-0.05, 0) is 24.6 Å². The molecule has 0 spiro atoms. The number of carbonyl (C=O) groups excluding carboxylic acids is 1. The van der Waals surface area contributed by atoms with Gasteiger partial charge in [-0.1, -0.05) is 78.9 Å². The number of quaternary nitrogens is 1. The maximum atomic E-state index is 12.3. The van der Waals surface area contributed by atoms with Crippen LogP contribution in [0.1, 0.15) is 29.3 Å². The van der Waals surface area contributed by atoms with Crippen LogP contribution in [0.25, 0.3) is 0 Å². The molecule has 0 heterocycles. The zero-order chi connectivity index (χ0) is 20.6. The van der Waals surface area contributed by atoms with Crippen LogP contribution in [0.3, 0.4) is 0 Å². The van der Waals surface area contributed by atoms with E-state index in [4.69, 9.17) is 0 Å². The van der Waals surface area contributed by atoms with Crippen LogP contribution in [0, 0.1) is 0 Å². The Morgan fingerprint density at radius 3 is 1.68 bits per heavy atom. The maximum Gasteiger partial charge on any atom is 0.164 e. The molecule has 3 rings (SSSR count). The van der Waals surface area contributed by atoms with E-state index in [-0.39, 0.29) is 12.2 Å². The van der Waals surface area contributed by atoms with E-state index in [1.54, 1.807) is 60.7 Å². The van der Waals surface area contributed by atoms with Crippen molar-refractivity contribution in [2.45, 2.75) is 18.1 Å². The fourth-order valence-electron chi connectivity index (χ4n) is 2.64. The van der Waals surface area contributed by atoms with Gasteiger partial charge in [-0.15, -0.1) is 0 Å². The molecule has 0 radical (unpaired) electrons. The van der Waals surface area contributed by atoms with Gasteiger partial charge < -0.3 is 10.3 Å². The Hall–Kier alpha value is -2.80. The Morgan fingerprint density at radius 1 is 0.857 bits per heavy atom. The highest BCUT2D eigenvalue weighted by molar-refractivity contribution is 7.86. The van der Waals surface area contributed by atoms with E-state index in [9.17, 15) is 17.8 Å². The van der Waals surface area contributed by atoms with Gasteiger partial charge in [0.2, 0.25) is 0 Å². The van der Waals surface area contributed by atoms with Crippen LogP contribution in [0.4, 0.5) is 5.69 Å². The predicted molar refractivity (Wildman–Crippen MR) is 108 cm³/mol. The molecule has 0 aromatic heterocycles. The number of hydrogen-bond donors (Lipinski definition) is 1. The Balaban J connectivity index is 0.000000336. The van der Waals surface area contributed by atoms with Crippen molar-refractivity contribution in [1.29, 1.82) is 0 Å². The van der Waals surface area contributed by atoms with Gasteiger partial charge in [0.1, 0.15) is 15.8 Å². The minimum atomic E-state index is -4.69. The molecule has 0 aliphatic rings. The van der Waals surface area contributed by atoms with Gasteiger partial charge in [-0.25, -0.2) is 8.42 Å². The topological polar surface area (TPSA) is 102 Å². The molecule has 1 atom stereocenters. The van der Waals surface area contributed by atoms with E-state index in [2.05, 4.69) is 5.73 Å². The molecule has 5 nitrogen and oxygen atoms in total. The SMILES string of the molecule is CC(CC(=O)c1ccccc1)(c1ccccc1)S(=O)(=O)[O-].[NH3+]c1ccccc1. The Labute approximate surface area is 165 Å². The summed E-state index contributed by atoms with van der Waals surface area (Å²) in [6.45, 7) is 1.30. The lowest BCUT2D eigenvalue weighted by molar-refractivity contribution is -0.254. The zero-order valence-electron chi connectivity index (χ0n) is 15.6. The van der Waals surface area contributed by atoms with Crippen molar-refractivity contribution in [2.75, 3.05) is 0 Å². The molecule has 28 heavy (non-hydrogen) atoms. The van der Waals surface area contributed by atoms with Crippen molar-refractivity contribution in [3.05, 3.63) is 102 Å². The van der Waals surface area contributed by atoms with Crippen molar-refractivity contribution < 1.29 is 23.5 Å². The third-order valence-corrected chi connectivity index (χ3v) is 5.86. The normalized spacial score (nSPS) is 13.0. The molecule has 0 saturated heterocycles. The summed E-state index contributed by atoms with van der Waals surface area (Å²) in [6, 6.07) is 26.3. The summed E-state index contributed by atoms with van der Waals surface area (Å²) in [5, 5.41) is 0. The van der Waals surface area contributed by atoms with Crippen LogP contribution in [-0.2, 0) is 14.9 Å². The molecule has 0 amide bonds. The summed E-state index contributed by atoms with van der Waals surface area (Å²) in [5.74, 6) is -0.374. The monoisotopic (exact) mass is 397 g/mol. The number of rotatable bonds is 5. The highest BCUT2D eigenvalue weighted by atomic mass is 32.2. The molecule has 3 aromatic carbocycles. The highest BCUT2D eigenvalue weighted by Gasteiger charge is 2.36. The number of Topliss-reactive ketones (excluding diaryl/α,β-unsaturated/α-hetero) is 1. The van der Waals surface area contributed by atoms with Crippen molar-refractivity contribution in [1.82, 2.24) is 0 Å². The summed E-state index contributed by atoms with van der Waals surface area (Å²) in [6.07, 6.45) is -0.382. The molecule has 0 saturated carbocycles. The Bertz CT molecular complexity index is 990. The Morgan fingerprint density at radius 2 is 1.29 bits per heavy atom. The second-order valence-electron chi connectivity index (χ2n) is 6.50. The molecule has 1 unspecified atom stereocenters. The summed E-state index contributed by atoms with van der Waals surface area (Å²) < 4.78 is 33.4. The fourth-order valence-corrected chi connectivity index (χ4v) is 3.37. The summed E-state index contributed by atoms with van der Waals surface area (Å²) >= 11 is 0. The van der Waals surface area contributed by atoms with Gasteiger partial charge in [0.05, 0.1) is 4.75 Å². The van der Waals surface area contributed by atoms with Gasteiger partial charge in [0.15, 0.2) is 5.78 Å². The van der Waals surface area contributed by atoms with Crippen LogP contribution in [-0.4, -0.2) is 18.8 Å². The van der Waals surface area contributed by atoms with Crippen molar-refractivity contribution in [3.63, 3.8) is 0 Å². The number of ketones is 1. The van der Waals surface area contributed by atoms with Crippen LogP contribution >= 0.6 is 0 Å². The first-order valence-electron chi connectivity index (χ1n) is 8.70. The van der Waals surface area contributed by atoms with E-state index in [1.165, 1.54) is 6.92 Å². The van der Waals surface area contributed by atoms with Crippen LogP contribution in [0.5, 0.6) is 0 Å². The number of carbonyl (C=O) groups is 1. The molecule has 3 aromatic rings. The van der Waals surface area contributed by atoms with E-state index in [0.29, 0.717) is 11.1 Å². The quantitative estimate of drug-likeness (QED) is 0.527. The van der Waals surface area contributed by atoms with Crippen molar-refractivity contribution in [2.24, 2.45) is 0 Å². The number of benzene rings is 3. The predicted octanol–water partition coefficient (Wildman–Crippen LogP) is 3.28. The molecule has 6 heteroatoms. The Kier molecular flexibility index (Phi) is 7.23. The smallest absolute Gasteiger partial charge is 0.164 e. The largest absolute Gasteiger partial charge is 0.747 e. The molecule has 0 fully saturated rings. The third-order valence-electron chi connectivity index (χ3n) is 4.37. The van der Waals surface area contributed by atoms with E-state index in [0.717, 1.165) is 5.69 Å². The first kappa shape index (κ1) is 21.5. The maximum absolute atomic E-state index is 12.3. The first-order chi connectivity index (χ1) is 13.2. The van der Waals surface area contributed by atoms with Crippen LogP contribution in [0.15, 0.2) is 91.0 Å². The summed E-state index contributed by atoms with van der Waals surface area (Å²) in [7, 11) is -4.69. The molecule has 146 valence electrons. The van der Waals surface area contributed by atoms with Gasteiger partial charge in [-0.2, -0.15) is 0 Å². The fraction of sp³-hybridized carbons (Fsp3) is 0.136. The van der Waals surface area contributed by atoms with E-state index >= 15 is 0 Å². The molecule has 0 aliphatic carbocycles. The zero-order valence-corrected chi connectivity index (χ0v) is 16.4. The van der Waals surface area contributed by atoms with Crippen molar-refractivity contribution >= 4 is 21.6 Å². The summed E-state index contributed by atoms with van der Waals surface area (Å²) in [5.41, 5.74) is 5.51. The van der Waals surface area contributed by atoms with Gasteiger partial charge in [0, 0.05) is 12.0 Å². The minimum Gasteiger partial charge on any atom is -0.747 e. The second kappa shape index (κ2) is 9.41. The lowest BCUT2D eigenvalue weighted by Crippen LogP contribution is -2.39. The average molecular weight is 397 g/mol. The van der Waals surface area contributed by atoms with Crippen LogP contribution < -0.4 is 5.73 Å². The van der Waals surface area contributed by atoms with Crippen LogP contribution in [0.2, 0.25) is 0 Å². The third kappa shape index (κ3) is 5.60. The van der Waals surface area contributed by atoms with E-state index < -0.39 is 14.9 Å². The molecule has 3 N–H and O–H groups in total. The molecular formula is C22H23NO4S. The molecule has 0 bridgehead atoms.